The van der Waals surface area contributed by atoms with Crippen molar-refractivity contribution in [3.8, 4) is 5.75 Å². The molecule has 1 rings (SSSR count). The van der Waals surface area contributed by atoms with Crippen molar-refractivity contribution in [1.82, 2.24) is 5.32 Å². The molecule has 1 aromatic carbocycles. The fourth-order valence-corrected chi connectivity index (χ4v) is 1.40. The first-order valence-corrected chi connectivity index (χ1v) is 5.38. The molecule has 1 amide bonds. The van der Waals surface area contributed by atoms with Gasteiger partial charge in [-0.05, 0) is 24.6 Å². The standard InChI is InChI=1S/C13H15NO4/c1-9(14-12(15)6-7-13(16)17)10-4-3-5-11(8-10)18-2/h3-9H,1-2H3,(H,14,15)(H,16,17)/b7-6+. The van der Waals surface area contributed by atoms with E-state index in [2.05, 4.69) is 5.32 Å². The van der Waals surface area contributed by atoms with Gasteiger partial charge in [0, 0.05) is 12.2 Å². The van der Waals surface area contributed by atoms with Crippen LogP contribution in [0.5, 0.6) is 5.75 Å². The Labute approximate surface area is 105 Å². The lowest BCUT2D eigenvalue weighted by molar-refractivity contribution is -0.131. The summed E-state index contributed by atoms with van der Waals surface area (Å²) >= 11 is 0. The summed E-state index contributed by atoms with van der Waals surface area (Å²) in [5.74, 6) is -0.901. The van der Waals surface area contributed by atoms with E-state index in [0.717, 1.165) is 17.7 Å². The van der Waals surface area contributed by atoms with E-state index in [0.29, 0.717) is 5.75 Å². The van der Waals surface area contributed by atoms with E-state index in [1.165, 1.54) is 0 Å². The van der Waals surface area contributed by atoms with Crippen LogP contribution in [0.1, 0.15) is 18.5 Å². The molecule has 0 aromatic heterocycles. The Balaban J connectivity index is 2.67. The summed E-state index contributed by atoms with van der Waals surface area (Å²) in [5, 5.41) is 11.1. The fraction of sp³-hybridized carbons (Fsp3) is 0.231. The highest BCUT2D eigenvalue weighted by Crippen LogP contribution is 2.18. The Bertz CT molecular complexity index is 468. The van der Waals surface area contributed by atoms with E-state index in [1.807, 2.05) is 24.3 Å². The summed E-state index contributed by atoms with van der Waals surface area (Å²) in [7, 11) is 1.57. The van der Waals surface area contributed by atoms with E-state index in [-0.39, 0.29) is 6.04 Å². The molecule has 0 heterocycles. The quantitative estimate of drug-likeness (QED) is 0.776. The van der Waals surface area contributed by atoms with Gasteiger partial charge in [-0.15, -0.1) is 0 Å². The summed E-state index contributed by atoms with van der Waals surface area (Å²) in [5.41, 5.74) is 0.881. The van der Waals surface area contributed by atoms with Gasteiger partial charge in [0.15, 0.2) is 0 Å². The maximum absolute atomic E-state index is 11.4. The Morgan fingerprint density at radius 3 is 2.72 bits per heavy atom. The number of amides is 1. The zero-order valence-corrected chi connectivity index (χ0v) is 10.2. The highest BCUT2D eigenvalue weighted by atomic mass is 16.5. The lowest BCUT2D eigenvalue weighted by Crippen LogP contribution is -2.24. The smallest absolute Gasteiger partial charge is 0.328 e. The number of aliphatic carboxylic acids is 1. The number of carbonyl (C=O) groups is 2. The van der Waals surface area contributed by atoms with Crippen molar-refractivity contribution < 1.29 is 19.4 Å². The normalized spacial score (nSPS) is 12.1. The topological polar surface area (TPSA) is 75.6 Å². The van der Waals surface area contributed by atoms with Gasteiger partial charge in [-0.2, -0.15) is 0 Å². The Hall–Kier alpha value is -2.30. The maximum Gasteiger partial charge on any atom is 0.328 e. The van der Waals surface area contributed by atoms with Gasteiger partial charge >= 0.3 is 5.97 Å². The number of carboxylic acids is 1. The summed E-state index contributed by atoms with van der Waals surface area (Å²) in [6.07, 6.45) is 1.78. The molecule has 96 valence electrons. The zero-order chi connectivity index (χ0) is 13.5. The molecule has 2 N–H and O–H groups in total. The number of carbonyl (C=O) groups excluding carboxylic acids is 1. The van der Waals surface area contributed by atoms with Gasteiger partial charge in [-0.25, -0.2) is 4.79 Å². The number of ether oxygens (including phenoxy) is 1. The van der Waals surface area contributed by atoms with Crippen LogP contribution in [0.2, 0.25) is 0 Å². The van der Waals surface area contributed by atoms with Gasteiger partial charge < -0.3 is 15.2 Å². The SMILES string of the molecule is COc1cccc(C(C)NC(=O)/C=C/C(=O)O)c1. The molecule has 1 unspecified atom stereocenters. The molecular weight excluding hydrogens is 234 g/mol. The third kappa shape index (κ3) is 4.29. The molecule has 0 radical (unpaired) electrons. The third-order valence-electron chi connectivity index (χ3n) is 2.33. The number of rotatable bonds is 5. The first-order valence-electron chi connectivity index (χ1n) is 5.38. The molecule has 0 bridgehead atoms. The maximum atomic E-state index is 11.4. The highest BCUT2D eigenvalue weighted by Gasteiger charge is 2.08. The van der Waals surface area contributed by atoms with Gasteiger partial charge in [0.2, 0.25) is 5.91 Å². The Morgan fingerprint density at radius 2 is 2.11 bits per heavy atom. The van der Waals surface area contributed by atoms with Crippen molar-refractivity contribution in [1.29, 1.82) is 0 Å². The van der Waals surface area contributed by atoms with Crippen LogP contribution in [0, 0.1) is 0 Å². The van der Waals surface area contributed by atoms with Crippen LogP contribution in [-0.2, 0) is 9.59 Å². The first kappa shape index (κ1) is 13.8. The molecule has 0 saturated heterocycles. The third-order valence-corrected chi connectivity index (χ3v) is 2.33. The molecule has 0 aliphatic carbocycles. The average Bonchev–Trinajstić information content (AvgIpc) is 2.36. The Morgan fingerprint density at radius 1 is 1.39 bits per heavy atom. The molecular formula is C13H15NO4. The number of methoxy groups -OCH3 is 1. The minimum Gasteiger partial charge on any atom is -0.497 e. The van der Waals surface area contributed by atoms with Crippen LogP contribution in [0.3, 0.4) is 0 Å². The Kier molecular flexibility index (Phi) is 4.92. The lowest BCUT2D eigenvalue weighted by atomic mass is 10.1. The second-order valence-electron chi connectivity index (χ2n) is 3.68. The predicted octanol–water partition coefficient (Wildman–Crippen LogP) is 1.51. The molecule has 0 fully saturated rings. The van der Waals surface area contributed by atoms with Crippen LogP contribution in [-0.4, -0.2) is 24.1 Å². The van der Waals surface area contributed by atoms with Gasteiger partial charge in [-0.3, -0.25) is 4.79 Å². The number of hydrogen-bond donors (Lipinski definition) is 2. The van der Waals surface area contributed by atoms with Crippen LogP contribution in [0.4, 0.5) is 0 Å². The molecule has 5 heteroatoms. The minimum atomic E-state index is -1.15. The molecule has 1 aromatic rings. The van der Waals surface area contributed by atoms with Gasteiger partial charge in [0.1, 0.15) is 5.75 Å². The zero-order valence-electron chi connectivity index (χ0n) is 10.2. The highest BCUT2D eigenvalue weighted by molar-refractivity contribution is 5.94. The van der Waals surface area contributed by atoms with Gasteiger partial charge in [0.25, 0.3) is 0 Å². The number of carboxylic acid groups (broad SMARTS) is 1. The number of benzene rings is 1. The molecule has 1 atom stereocenters. The van der Waals surface area contributed by atoms with Crippen molar-refractivity contribution in [3.63, 3.8) is 0 Å². The summed E-state index contributed by atoms with van der Waals surface area (Å²) < 4.78 is 5.08. The van der Waals surface area contributed by atoms with E-state index in [9.17, 15) is 9.59 Å². The van der Waals surface area contributed by atoms with Crippen LogP contribution < -0.4 is 10.1 Å². The number of hydrogen-bond acceptors (Lipinski definition) is 3. The second kappa shape index (κ2) is 6.44. The van der Waals surface area contributed by atoms with Crippen LogP contribution in [0.25, 0.3) is 0 Å². The minimum absolute atomic E-state index is 0.231. The molecule has 0 aliphatic rings. The van der Waals surface area contributed by atoms with Crippen LogP contribution in [0.15, 0.2) is 36.4 Å². The predicted molar refractivity (Wildman–Crippen MR) is 66.3 cm³/mol. The largest absolute Gasteiger partial charge is 0.497 e. The molecule has 18 heavy (non-hydrogen) atoms. The van der Waals surface area contributed by atoms with E-state index >= 15 is 0 Å². The number of nitrogens with one attached hydrogen (secondary N) is 1. The molecule has 5 nitrogen and oxygen atoms in total. The van der Waals surface area contributed by atoms with E-state index in [1.54, 1.807) is 14.0 Å². The van der Waals surface area contributed by atoms with Crippen molar-refractivity contribution in [2.75, 3.05) is 7.11 Å². The van der Waals surface area contributed by atoms with Gasteiger partial charge in [0.05, 0.1) is 13.2 Å². The van der Waals surface area contributed by atoms with Crippen molar-refractivity contribution >= 4 is 11.9 Å². The monoisotopic (exact) mass is 249 g/mol. The average molecular weight is 249 g/mol. The summed E-state index contributed by atoms with van der Waals surface area (Å²) in [6, 6.07) is 7.07. The van der Waals surface area contributed by atoms with Crippen molar-refractivity contribution in [2.24, 2.45) is 0 Å². The first-order chi connectivity index (χ1) is 8.52. The van der Waals surface area contributed by atoms with Crippen molar-refractivity contribution in [2.45, 2.75) is 13.0 Å². The lowest BCUT2D eigenvalue weighted by Gasteiger charge is -2.13. The fourth-order valence-electron chi connectivity index (χ4n) is 1.40. The van der Waals surface area contributed by atoms with Crippen molar-refractivity contribution in [3.05, 3.63) is 42.0 Å². The molecule has 0 saturated carbocycles. The second-order valence-corrected chi connectivity index (χ2v) is 3.68. The molecule has 0 spiro atoms. The molecule has 0 aliphatic heterocycles. The van der Waals surface area contributed by atoms with Gasteiger partial charge in [-0.1, -0.05) is 12.1 Å². The summed E-state index contributed by atoms with van der Waals surface area (Å²) in [6.45, 7) is 1.81. The van der Waals surface area contributed by atoms with Crippen LogP contribution >= 0.6 is 0 Å². The summed E-state index contributed by atoms with van der Waals surface area (Å²) in [4.78, 5) is 21.7. The van der Waals surface area contributed by atoms with E-state index in [4.69, 9.17) is 9.84 Å². The van der Waals surface area contributed by atoms with E-state index < -0.39 is 11.9 Å².